The second kappa shape index (κ2) is 7.42. The quantitative estimate of drug-likeness (QED) is 0.430. The summed E-state index contributed by atoms with van der Waals surface area (Å²) >= 11 is 2.23. The van der Waals surface area contributed by atoms with E-state index in [1.807, 2.05) is 0 Å². The molecule has 0 atom stereocenters. The normalized spacial score (nSPS) is 14.5. The fourth-order valence-electron chi connectivity index (χ4n) is 1.05. The predicted octanol–water partition coefficient (Wildman–Crippen LogP) is -3.44. The van der Waals surface area contributed by atoms with Crippen LogP contribution in [0.1, 0.15) is 26.2 Å². The smallest absolute Gasteiger partial charge is 1.00 e. The fraction of sp³-hybridized carbons (Fsp3) is 0.500. The van der Waals surface area contributed by atoms with Gasteiger partial charge in [-0.15, -0.1) is 0 Å². The largest absolute Gasteiger partial charge is 1.00 e. The molecule has 0 aliphatic heterocycles. The molecule has 3 heteroatoms. The van der Waals surface area contributed by atoms with Crippen molar-refractivity contribution >= 4 is 0 Å². The Morgan fingerprint density at radius 2 is 2.09 bits per heavy atom. The molecule has 0 saturated heterocycles. The molecule has 0 aromatic rings. The Morgan fingerprint density at radius 3 is 2.45 bits per heavy atom. The molecule has 0 amide bonds. The summed E-state index contributed by atoms with van der Waals surface area (Å²) in [7, 11) is 0. The molecule has 0 fully saturated rings. The molecule has 0 bridgehead atoms. The molecule has 0 aromatic heterocycles. The Balaban J connectivity index is 0. The summed E-state index contributed by atoms with van der Waals surface area (Å²) in [6.45, 7) is 2.23. The zero-order chi connectivity index (χ0) is 6.69. The van der Waals surface area contributed by atoms with Gasteiger partial charge in [-0.1, -0.05) is 0 Å². The molecule has 0 radical (unpaired) electrons. The van der Waals surface area contributed by atoms with Crippen LogP contribution >= 0.6 is 0 Å². The summed E-state index contributed by atoms with van der Waals surface area (Å²) in [6, 6.07) is 0. The van der Waals surface area contributed by atoms with Gasteiger partial charge in [-0.2, -0.15) is 0 Å². The van der Waals surface area contributed by atoms with Crippen molar-refractivity contribution in [3.05, 3.63) is 21.6 Å². The third-order valence-corrected chi connectivity index (χ3v) is 2.37. The van der Waals surface area contributed by atoms with Gasteiger partial charge in [0.1, 0.15) is 0 Å². The van der Waals surface area contributed by atoms with E-state index in [1.165, 1.54) is 19.3 Å². The number of hydrogen-bond acceptors (Lipinski definition) is 0. The molecule has 1 aliphatic rings. The first kappa shape index (κ1) is 14.3. The zero-order valence-corrected chi connectivity index (χ0v) is 9.61. The molecule has 0 heterocycles. The minimum Gasteiger partial charge on any atom is -1.00 e. The summed E-state index contributed by atoms with van der Waals surface area (Å²) in [4.78, 5) is 0. The van der Waals surface area contributed by atoms with Crippen molar-refractivity contribution in [3.8, 4) is 0 Å². The first-order valence-corrected chi connectivity index (χ1v) is 4.23. The van der Waals surface area contributed by atoms with Crippen molar-refractivity contribution in [1.29, 1.82) is 0 Å². The van der Waals surface area contributed by atoms with Crippen LogP contribution in [0.5, 0.6) is 0 Å². The second-order valence-corrected chi connectivity index (χ2v) is 3.30. The number of rotatable bonds is 2. The van der Waals surface area contributed by atoms with E-state index in [0.29, 0.717) is 0 Å². The third-order valence-electron chi connectivity index (χ3n) is 1.55. The zero-order valence-electron chi connectivity index (χ0n) is 6.53. The van der Waals surface area contributed by atoms with Crippen molar-refractivity contribution in [1.82, 2.24) is 0 Å². The van der Waals surface area contributed by atoms with E-state index in [1.54, 1.807) is 9.45 Å². The van der Waals surface area contributed by atoms with E-state index < -0.39 is 0 Å². The Labute approximate surface area is 92.7 Å². The van der Waals surface area contributed by atoms with Gasteiger partial charge in [-0.3, -0.25) is 0 Å². The Kier molecular flexibility index (Phi) is 9.66. The van der Waals surface area contributed by atoms with Gasteiger partial charge >= 0.3 is 68.2 Å². The number of allylic oxidation sites excluding steroid dienone is 4. The van der Waals surface area contributed by atoms with Gasteiger partial charge < -0.3 is 24.8 Å². The minimum atomic E-state index is 0. The van der Waals surface area contributed by atoms with Gasteiger partial charge in [0.15, 0.2) is 0 Å². The summed E-state index contributed by atoms with van der Waals surface area (Å²) in [5.74, 6) is 0. The Bertz CT molecular complexity index is 161. The van der Waals surface area contributed by atoms with E-state index in [-0.39, 0.29) is 24.8 Å². The van der Waals surface area contributed by atoms with E-state index in [0.717, 1.165) is 0 Å². The van der Waals surface area contributed by atoms with Gasteiger partial charge in [0.05, 0.1) is 0 Å². The molecule has 0 saturated carbocycles. The summed E-state index contributed by atoms with van der Waals surface area (Å²) in [5.41, 5.74) is 1.57. The summed E-state index contributed by atoms with van der Waals surface area (Å²) < 4.78 is 1.57. The molecule has 1 rings (SSSR count). The molecular weight excluding hydrogens is 215 g/mol. The van der Waals surface area contributed by atoms with Crippen molar-refractivity contribution < 1.29 is 45.2 Å². The molecule has 11 heavy (non-hydrogen) atoms. The minimum absolute atomic E-state index is 0. The van der Waals surface area contributed by atoms with Crippen LogP contribution < -0.4 is 24.8 Å². The van der Waals surface area contributed by atoms with Gasteiger partial charge in [0.2, 0.25) is 0 Å². The molecule has 61 valence electrons. The van der Waals surface area contributed by atoms with Crippen molar-refractivity contribution in [2.75, 3.05) is 0 Å². The van der Waals surface area contributed by atoms with Crippen LogP contribution in [0.3, 0.4) is 0 Å². The summed E-state index contributed by atoms with van der Waals surface area (Å²) in [6.07, 6.45) is 8.24. The number of halogens is 2. The average Bonchev–Trinajstić information content (AvgIpc) is 2.18. The van der Waals surface area contributed by atoms with Crippen LogP contribution in [-0.4, -0.2) is 0 Å². The van der Waals surface area contributed by atoms with Crippen LogP contribution in [0.25, 0.3) is 0 Å². The van der Waals surface area contributed by atoms with Crippen molar-refractivity contribution in [2.24, 2.45) is 0 Å². The average molecular weight is 226 g/mol. The monoisotopic (exact) mass is 225 g/mol. The third kappa shape index (κ3) is 4.37. The molecule has 0 nitrogen and oxygen atoms in total. The van der Waals surface area contributed by atoms with Crippen LogP contribution in [0.15, 0.2) is 21.6 Å². The summed E-state index contributed by atoms with van der Waals surface area (Å²) in [5, 5.41) is 0. The number of hydrogen-bond donors (Lipinski definition) is 0. The van der Waals surface area contributed by atoms with E-state index >= 15 is 0 Å². The maximum atomic E-state index is 2.26. The second-order valence-electron chi connectivity index (χ2n) is 2.36. The van der Waals surface area contributed by atoms with Crippen molar-refractivity contribution in [2.45, 2.75) is 26.2 Å². The molecule has 0 unspecified atom stereocenters. The molecule has 0 N–H and O–H groups in total. The van der Waals surface area contributed by atoms with Crippen LogP contribution in [-0.2, 0) is 20.4 Å². The predicted molar refractivity (Wildman–Crippen MR) is 35.7 cm³/mol. The van der Waals surface area contributed by atoms with Gasteiger partial charge in [-0.25, -0.2) is 0 Å². The van der Waals surface area contributed by atoms with E-state index in [4.69, 9.17) is 0 Å². The van der Waals surface area contributed by atoms with Gasteiger partial charge in [-0.05, 0) is 0 Å². The first-order valence-electron chi connectivity index (χ1n) is 3.44. The Morgan fingerprint density at radius 1 is 1.45 bits per heavy atom. The molecule has 0 spiro atoms. The van der Waals surface area contributed by atoms with Crippen LogP contribution in [0.2, 0.25) is 0 Å². The van der Waals surface area contributed by atoms with Crippen LogP contribution in [0, 0.1) is 0 Å². The first-order chi connectivity index (χ1) is 4.34. The van der Waals surface area contributed by atoms with Gasteiger partial charge in [0.25, 0.3) is 0 Å². The topological polar surface area (TPSA) is 0 Å². The van der Waals surface area contributed by atoms with Crippen molar-refractivity contribution in [3.63, 3.8) is 0 Å². The van der Waals surface area contributed by atoms with Gasteiger partial charge in [0, 0.05) is 0 Å². The fourth-order valence-corrected chi connectivity index (χ4v) is 1.56. The maximum Gasteiger partial charge on any atom is -1.00 e. The van der Waals surface area contributed by atoms with E-state index in [9.17, 15) is 0 Å². The van der Waals surface area contributed by atoms with E-state index in [2.05, 4.69) is 39.5 Å². The standard InChI is InChI=1S/C8H11.2ClH.Ti/c1-2-5-8-6-3-4-7-8;;;/h3,6H,2,4-5H2,1H3;2*1H;/q;;;+2/p-2. The molecule has 0 aromatic carbocycles. The molecule has 1 aliphatic carbocycles. The molecular formula is C8H11Cl2Ti. The van der Waals surface area contributed by atoms with Crippen LogP contribution in [0.4, 0.5) is 0 Å². The Hall–Kier alpha value is 0.774. The maximum absolute atomic E-state index is 2.26. The SMILES string of the molecule is CCCC1=[C]([Ti+2])CC=C1.[Cl-].[Cl-].